The number of ether oxygens (including phenoxy) is 2. The molecule has 8 heavy (non-hydrogen) atoms. The summed E-state index contributed by atoms with van der Waals surface area (Å²) in [5.74, 6) is 0.664. The fourth-order valence-corrected chi connectivity index (χ4v) is 0.617. The molecule has 1 unspecified atom stereocenters. The van der Waals surface area contributed by atoms with Crippen molar-refractivity contribution in [1.29, 1.82) is 0 Å². The Balaban J connectivity index is 2.44. The van der Waals surface area contributed by atoms with Crippen molar-refractivity contribution in [2.75, 3.05) is 6.61 Å². The molecule has 0 aromatic heterocycles. The van der Waals surface area contributed by atoms with Crippen LogP contribution in [0.3, 0.4) is 0 Å². The van der Waals surface area contributed by atoms with Gasteiger partial charge in [-0.05, 0) is 19.9 Å². The monoisotopic (exact) mass is 114 g/mol. The van der Waals surface area contributed by atoms with E-state index in [0.29, 0.717) is 12.6 Å². The van der Waals surface area contributed by atoms with Crippen LogP contribution in [0.5, 0.6) is 0 Å². The lowest BCUT2D eigenvalue weighted by atomic mass is 10.5. The van der Waals surface area contributed by atoms with Gasteiger partial charge in [0.15, 0.2) is 0 Å². The molecule has 1 atom stereocenters. The normalized spacial score (nSPS) is 32.2. The van der Waals surface area contributed by atoms with Crippen LogP contribution in [0.4, 0.5) is 0 Å². The van der Waals surface area contributed by atoms with Crippen LogP contribution in [0.25, 0.3) is 0 Å². The summed E-state index contributed by atoms with van der Waals surface area (Å²) in [6.07, 6.45) is 2.06. The molecule has 0 aromatic carbocycles. The molecule has 0 bridgehead atoms. The molecular formula is C6H10O2. The molecule has 1 fully saturated rings. The van der Waals surface area contributed by atoms with Crippen LogP contribution in [0.15, 0.2) is 12.0 Å². The van der Waals surface area contributed by atoms with Crippen molar-refractivity contribution in [3.8, 4) is 0 Å². The van der Waals surface area contributed by atoms with Crippen molar-refractivity contribution < 1.29 is 9.47 Å². The number of rotatable bonds is 0. The summed E-state index contributed by atoms with van der Waals surface area (Å²) in [4.78, 5) is 0. The standard InChI is InChI=1S/C6H10O2/c1-3-6-7-4-5(2)8-6/h3,5H,4H2,1-2H3/b6-3+. The van der Waals surface area contributed by atoms with Gasteiger partial charge in [0, 0.05) is 0 Å². The van der Waals surface area contributed by atoms with Crippen LogP contribution in [0.2, 0.25) is 0 Å². The Morgan fingerprint density at radius 3 is 2.75 bits per heavy atom. The Morgan fingerprint density at radius 1 is 1.75 bits per heavy atom. The van der Waals surface area contributed by atoms with Gasteiger partial charge < -0.3 is 9.47 Å². The Labute approximate surface area is 49.1 Å². The lowest BCUT2D eigenvalue weighted by Gasteiger charge is -1.95. The third-order valence-electron chi connectivity index (χ3n) is 1.01. The van der Waals surface area contributed by atoms with Crippen LogP contribution >= 0.6 is 0 Å². The zero-order chi connectivity index (χ0) is 5.98. The van der Waals surface area contributed by atoms with E-state index in [4.69, 9.17) is 9.47 Å². The SMILES string of the molecule is C/C=C1\OCC(C)O1. The lowest BCUT2D eigenvalue weighted by Crippen LogP contribution is -2.00. The zero-order valence-electron chi connectivity index (χ0n) is 5.18. The van der Waals surface area contributed by atoms with Crippen molar-refractivity contribution in [2.24, 2.45) is 0 Å². The highest BCUT2D eigenvalue weighted by atomic mass is 16.7. The highest BCUT2D eigenvalue weighted by Gasteiger charge is 2.14. The summed E-state index contributed by atoms with van der Waals surface area (Å²) in [6, 6.07) is 0. The maximum atomic E-state index is 5.15. The largest absolute Gasteiger partial charge is 0.462 e. The molecule has 0 aromatic rings. The molecule has 0 saturated carbocycles. The second kappa shape index (κ2) is 2.07. The van der Waals surface area contributed by atoms with Crippen molar-refractivity contribution >= 4 is 0 Å². The molecule has 1 heterocycles. The van der Waals surface area contributed by atoms with Crippen molar-refractivity contribution in [3.05, 3.63) is 12.0 Å². The fraction of sp³-hybridized carbons (Fsp3) is 0.667. The van der Waals surface area contributed by atoms with Crippen LogP contribution < -0.4 is 0 Å². The summed E-state index contributed by atoms with van der Waals surface area (Å²) >= 11 is 0. The van der Waals surface area contributed by atoms with Gasteiger partial charge in [-0.2, -0.15) is 0 Å². The summed E-state index contributed by atoms with van der Waals surface area (Å²) in [5.41, 5.74) is 0. The number of hydrogen-bond acceptors (Lipinski definition) is 2. The first-order valence-corrected chi connectivity index (χ1v) is 2.78. The van der Waals surface area contributed by atoms with Crippen molar-refractivity contribution in [3.63, 3.8) is 0 Å². The Morgan fingerprint density at radius 2 is 2.50 bits per heavy atom. The van der Waals surface area contributed by atoms with E-state index in [-0.39, 0.29) is 6.10 Å². The summed E-state index contributed by atoms with van der Waals surface area (Å²) in [6.45, 7) is 4.57. The number of hydrogen-bond donors (Lipinski definition) is 0. The highest BCUT2D eigenvalue weighted by molar-refractivity contribution is 4.84. The molecule has 1 saturated heterocycles. The minimum absolute atomic E-state index is 0.237. The summed E-state index contributed by atoms with van der Waals surface area (Å²) in [7, 11) is 0. The Kier molecular flexibility index (Phi) is 1.42. The molecule has 1 rings (SSSR count). The van der Waals surface area contributed by atoms with Crippen LogP contribution in [-0.4, -0.2) is 12.7 Å². The van der Waals surface area contributed by atoms with E-state index in [1.807, 2.05) is 19.9 Å². The Bertz CT molecular complexity index is 107. The lowest BCUT2D eigenvalue weighted by molar-refractivity contribution is 0.149. The van der Waals surface area contributed by atoms with Crippen molar-refractivity contribution in [1.82, 2.24) is 0 Å². The predicted octanol–water partition coefficient (Wildman–Crippen LogP) is 1.28. The van der Waals surface area contributed by atoms with E-state index < -0.39 is 0 Å². The second-order valence-corrected chi connectivity index (χ2v) is 1.85. The van der Waals surface area contributed by atoms with Gasteiger partial charge in [-0.25, -0.2) is 0 Å². The third kappa shape index (κ3) is 0.941. The van der Waals surface area contributed by atoms with E-state index >= 15 is 0 Å². The smallest absolute Gasteiger partial charge is 0.275 e. The van der Waals surface area contributed by atoms with Gasteiger partial charge in [0.2, 0.25) is 0 Å². The quantitative estimate of drug-likeness (QED) is 0.472. The summed E-state index contributed by atoms with van der Waals surface area (Å²) in [5, 5.41) is 0. The van der Waals surface area contributed by atoms with Crippen LogP contribution in [0, 0.1) is 0 Å². The molecule has 0 radical (unpaired) electrons. The van der Waals surface area contributed by atoms with Gasteiger partial charge in [-0.1, -0.05) is 0 Å². The van der Waals surface area contributed by atoms with E-state index in [0.717, 1.165) is 0 Å². The molecule has 0 amide bonds. The molecule has 0 N–H and O–H groups in total. The Hall–Kier alpha value is -0.660. The molecule has 0 spiro atoms. The predicted molar refractivity (Wildman–Crippen MR) is 30.3 cm³/mol. The molecule has 46 valence electrons. The van der Waals surface area contributed by atoms with E-state index in [9.17, 15) is 0 Å². The van der Waals surface area contributed by atoms with E-state index in [1.54, 1.807) is 0 Å². The van der Waals surface area contributed by atoms with E-state index in [1.165, 1.54) is 0 Å². The van der Waals surface area contributed by atoms with Gasteiger partial charge >= 0.3 is 0 Å². The van der Waals surface area contributed by atoms with Gasteiger partial charge in [0.25, 0.3) is 5.95 Å². The molecule has 1 aliphatic rings. The molecule has 2 nitrogen and oxygen atoms in total. The fourth-order valence-electron chi connectivity index (χ4n) is 0.617. The first-order valence-electron chi connectivity index (χ1n) is 2.78. The van der Waals surface area contributed by atoms with Crippen LogP contribution in [-0.2, 0) is 9.47 Å². The second-order valence-electron chi connectivity index (χ2n) is 1.85. The first-order chi connectivity index (χ1) is 3.83. The van der Waals surface area contributed by atoms with Crippen LogP contribution in [0.1, 0.15) is 13.8 Å². The molecular weight excluding hydrogens is 104 g/mol. The number of allylic oxidation sites excluding steroid dienone is 1. The maximum Gasteiger partial charge on any atom is 0.275 e. The molecule has 2 heteroatoms. The highest BCUT2D eigenvalue weighted by Crippen LogP contribution is 2.12. The third-order valence-corrected chi connectivity index (χ3v) is 1.01. The average molecular weight is 114 g/mol. The maximum absolute atomic E-state index is 5.15. The topological polar surface area (TPSA) is 18.5 Å². The average Bonchev–Trinajstić information content (AvgIpc) is 2.14. The van der Waals surface area contributed by atoms with Gasteiger partial charge in [-0.15, -0.1) is 0 Å². The summed E-state index contributed by atoms with van der Waals surface area (Å²) < 4.78 is 10.2. The molecule has 0 aliphatic carbocycles. The zero-order valence-corrected chi connectivity index (χ0v) is 5.18. The molecule has 1 aliphatic heterocycles. The van der Waals surface area contributed by atoms with Gasteiger partial charge in [-0.3, -0.25) is 0 Å². The van der Waals surface area contributed by atoms with E-state index in [2.05, 4.69) is 0 Å². The minimum Gasteiger partial charge on any atom is -0.462 e. The van der Waals surface area contributed by atoms with Gasteiger partial charge in [0.05, 0.1) is 0 Å². The van der Waals surface area contributed by atoms with Gasteiger partial charge in [0.1, 0.15) is 12.7 Å². The minimum atomic E-state index is 0.237. The van der Waals surface area contributed by atoms with Crippen molar-refractivity contribution in [2.45, 2.75) is 20.0 Å². The first kappa shape index (κ1) is 5.48.